The molecule has 0 amide bonds. The molecule has 1 aromatic rings. The SMILES string of the molecule is CCN(CC)c1ccc(CNCC(C)(O)CO)cc1. The maximum atomic E-state index is 9.66. The molecule has 0 bridgehead atoms. The molecule has 1 unspecified atom stereocenters. The van der Waals surface area contributed by atoms with Crippen molar-refractivity contribution < 1.29 is 10.2 Å². The van der Waals surface area contributed by atoms with Crippen molar-refractivity contribution in [2.75, 3.05) is 31.1 Å². The van der Waals surface area contributed by atoms with Crippen LogP contribution in [0.4, 0.5) is 5.69 Å². The largest absolute Gasteiger partial charge is 0.393 e. The van der Waals surface area contributed by atoms with E-state index < -0.39 is 5.60 Å². The molecule has 0 saturated heterocycles. The quantitative estimate of drug-likeness (QED) is 0.665. The lowest BCUT2D eigenvalue weighted by atomic mass is 10.1. The van der Waals surface area contributed by atoms with Gasteiger partial charge in [0.05, 0.1) is 12.2 Å². The van der Waals surface area contributed by atoms with E-state index in [9.17, 15) is 5.11 Å². The summed E-state index contributed by atoms with van der Waals surface area (Å²) < 4.78 is 0. The molecule has 0 aliphatic heterocycles. The Kier molecular flexibility index (Phi) is 6.28. The van der Waals surface area contributed by atoms with Gasteiger partial charge in [0.2, 0.25) is 0 Å². The third-order valence-electron chi connectivity index (χ3n) is 3.24. The van der Waals surface area contributed by atoms with Crippen LogP contribution in [-0.4, -0.2) is 42.1 Å². The van der Waals surface area contributed by atoms with E-state index in [1.807, 2.05) is 0 Å². The second-order valence-electron chi connectivity index (χ2n) is 5.10. The van der Waals surface area contributed by atoms with E-state index in [0.29, 0.717) is 13.1 Å². The maximum Gasteiger partial charge on any atom is 0.0972 e. The second-order valence-corrected chi connectivity index (χ2v) is 5.10. The summed E-state index contributed by atoms with van der Waals surface area (Å²) in [6.45, 7) is 8.76. The molecule has 1 rings (SSSR count). The molecule has 3 N–H and O–H groups in total. The number of aliphatic hydroxyl groups excluding tert-OH is 1. The first kappa shape index (κ1) is 16.0. The number of hydrogen-bond acceptors (Lipinski definition) is 4. The Labute approximate surface area is 116 Å². The van der Waals surface area contributed by atoms with Crippen LogP contribution in [0, 0.1) is 0 Å². The Hall–Kier alpha value is -1.10. The van der Waals surface area contributed by atoms with Crippen LogP contribution in [0.15, 0.2) is 24.3 Å². The van der Waals surface area contributed by atoms with E-state index in [4.69, 9.17) is 5.11 Å². The highest BCUT2D eigenvalue weighted by Gasteiger charge is 2.17. The van der Waals surface area contributed by atoms with E-state index >= 15 is 0 Å². The Balaban J connectivity index is 2.49. The van der Waals surface area contributed by atoms with Gasteiger partial charge in [-0.15, -0.1) is 0 Å². The van der Waals surface area contributed by atoms with Crippen molar-refractivity contribution in [3.63, 3.8) is 0 Å². The predicted octanol–water partition coefficient (Wildman–Crippen LogP) is 1.37. The summed E-state index contributed by atoms with van der Waals surface area (Å²) >= 11 is 0. The van der Waals surface area contributed by atoms with Gasteiger partial charge in [0.15, 0.2) is 0 Å². The van der Waals surface area contributed by atoms with Crippen LogP contribution in [0.2, 0.25) is 0 Å². The Morgan fingerprint density at radius 2 is 1.74 bits per heavy atom. The molecule has 0 heterocycles. The van der Waals surface area contributed by atoms with Crippen molar-refractivity contribution in [1.29, 1.82) is 0 Å². The summed E-state index contributed by atoms with van der Waals surface area (Å²) in [5.74, 6) is 0. The molecule has 0 radical (unpaired) electrons. The molecule has 0 saturated carbocycles. The molecule has 0 aliphatic carbocycles. The van der Waals surface area contributed by atoms with E-state index in [1.54, 1.807) is 6.92 Å². The van der Waals surface area contributed by atoms with Crippen LogP contribution in [0.25, 0.3) is 0 Å². The fraction of sp³-hybridized carbons (Fsp3) is 0.600. The van der Waals surface area contributed by atoms with Gasteiger partial charge in [-0.1, -0.05) is 12.1 Å². The molecule has 0 spiro atoms. The Morgan fingerprint density at radius 1 is 1.16 bits per heavy atom. The minimum absolute atomic E-state index is 0.235. The minimum Gasteiger partial charge on any atom is -0.393 e. The summed E-state index contributed by atoms with van der Waals surface area (Å²) in [7, 11) is 0. The van der Waals surface area contributed by atoms with Crippen molar-refractivity contribution in [3.8, 4) is 0 Å². The average molecular weight is 266 g/mol. The van der Waals surface area contributed by atoms with Crippen molar-refractivity contribution >= 4 is 5.69 Å². The lowest BCUT2D eigenvalue weighted by Gasteiger charge is -2.22. The van der Waals surface area contributed by atoms with E-state index in [-0.39, 0.29) is 6.61 Å². The van der Waals surface area contributed by atoms with Gasteiger partial charge in [0.25, 0.3) is 0 Å². The van der Waals surface area contributed by atoms with Crippen LogP contribution < -0.4 is 10.2 Å². The lowest BCUT2D eigenvalue weighted by molar-refractivity contribution is 0.00254. The third-order valence-corrected chi connectivity index (χ3v) is 3.24. The zero-order chi connectivity index (χ0) is 14.3. The number of nitrogens with zero attached hydrogens (tertiary/aromatic N) is 1. The molecule has 0 fully saturated rings. The van der Waals surface area contributed by atoms with Gasteiger partial charge < -0.3 is 20.4 Å². The van der Waals surface area contributed by atoms with E-state index in [1.165, 1.54) is 11.3 Å². The Morgan fingerprint density at radius 3 is 2.21 bits per heavy atom. The first-order chi connectivity index (χ1) is 9.02. The molecular weight excluding hydrogens is 240 g/mol. The fourth-order valence-electron chi connectivity index (χ4n) is 1.95. The molecule has 0 aliphatic rings. The molecular formula is C15H26N2O2. The molecule has 108 valence electrons. The van der Waals surface area contributed by atoms with Crippen molar-refractivity contribution in [3.05, 3.63) is 29.8 Å². The Bertz CT molecular complexity index is 359. The predicted molar refractivity (Wildman–Crippen MR) is 79.4 cm³/mol. The smallest absolute Gasteiger partial charge is 0.0972 e. The highest BCUT2D eigenvalue weighted by Crippen LogP contribution is 2.14. The highest BCUT2D eigenvalue weighted by atomic mass is 16.3. The summed E-state index contributed by atoms with van der Waals surface area (Å²) in [4.78, 5) is 2.30. The van der Waals surface area contributed by atoms with Gasteiger partial charge in [-0.25, -0.2) is 0 Å². The van der Waals surface area contributed by atoms with Crippen LogP contribution in [0.5, 0.6) is 0 Å². The molecule has 0 aromatic heterocycles. The minimum atomic E-state index is -1.05. The van der Waals surface area contributed by atoms with Gasteiger partial charge in [-0.05, 0) is 38.5 Å². The van der Waals surface area contributed by atoms with Crippen LogP contribution >= 0.6 is 0 Å². The number of anilines is 1. The molecule has 4 heteroatoms. The number of hydrogen-bond donors (Lipinski definition) is 3. The van der Waals surface area contributed by atoms with Crippen LogP contribution in [0.1, 0.15) is 26.3 Å². The number of aliphatic hydroxyl groups is 2. The van der Waals surface area contributed by atoms with Crippen molar-refractivity contribution in [2.45, 2.75) is 32.9 Å². The number of rotatable bonds is 8. The maximum absolute atomic E-state index is 9.66. The standard InChI is InChI=1S/C15H26N2O2/c1-4-17(5-2)14-8-6-13(7-9-14)10-16-11-15(3,19)12-18/h6-9,16,18-19H,4-5,10-12H2,1-3H3. The molecule has 19 heavy (non-hydrogen) atoms. The van der Waals surface area contributed by atoms with Crippen molar-refractivity contribution in [1.82, 2.24) is 5.32 Å². The van der Waals surface area contributed by atoms with Gasteiger partial charge in [0, 0.05) is 31.9 Å². The first-order valence-electron chi connectivity index (χ1n) is 6.90. The molecule has 4 nitrogen and oxygen atoms in total. The first-order valence-corrected chi connectivity index (χ1v) is 6.90. The van der Waals surface area contributed by atoms with E-state index in [2.05, 4.69) is 48.3 Å². The number of benzene rings is 1. The summed E-state index contributed by atoms with van der Waals surface area (Å²) in [6.07, 6.45) is 0. The van der Waals surface area contributed by atoms with Crippen LogP contribution in [-0.2, 0) is 6.54 Å². The molecule has 1 atom stereocenters. The highest BCUT2D eigenvalue weighted by molar-refractivity contribution is 5.47. The second kappa shape index (κ2) is 7.48. The summed E-state index contributed by atoms with van der Waals surface area (Å²) in [6, 6.07) is 8.42. The topological polar surface area (TPSA) is 55.7 Å². The lowest BCUT2D eigenvalue weighted by Crippen LogP contribution is -2.40. The zero-order valence-corrected chi connectivity index (χ0v) is 12.2. The summed E-state index contributed by atoms with van der Waals surface area (Å²) in [5.41, 5.74) is 1.35. The normalized spacial score (nSPS) is 14.2. The van der Waals surface area contributed by atoms with Crippen LogP contribution in [0.3, 0.4) is 0 Å². The number of nitrogens with one attached hydrogen (secondary N) is 1. The third kappa shape index (κ3) is 5.19. The van der Waals surface area contributed by atoms with Gasteiger partial charge in [-0.2, -0.15) is 0 Å². The monoisotopic (exact) mass is 266 g/mol. The molecule has 1 aromatic carbocycles. The average Bonchev–Trinajstić information content (AvgIpc) is 2.42. The van der Waals surface area contributed by atoms with E-state index in [0.717, 1.165) is 13.1 Å². The van der Waals surface area contributed by atoms with Gasteiger partial charge in [0.1, 0.15) is 0 Å². The summed E-state index contributed by atoms with van der Waals surface area (Å²) in [5, 5.41) is 21.8. The van der Waals surface area contributed by atoms with Gasteiger partial charge >= 0.3 is 0 Å². The zero-order valence-electron chi connectivity index (χ0n) is 12.2. The van der Waals surface area contributed by atoms with Gasteiger partial charge in [-0.3, -0.25) is 0 Å². The van der Waals surface area contributed by atoms with Crippen molar-refractivity contribution in [2.24, 2.45) is 0 Å². The fourth-order valence-corrected chi connectivity index (χ4v) is 1.95.